The normalized spacial score (nSPS) is 12.2. The summed E-state index contributed by atoms with van der Waals surface area (Å²) in [7, 11) is 0. The van der Waals surface area contributed by atoms with E-state index in [9.17, 15) is 44.4 Å². The molecular weight excluding hydrogens is 321 g/mol. The van der Waals surface area contributed by atoms with Crippen LogP contribution in [-0.4, -0.2) is 16.7 Å². The lowest BCUT2D eigenvalue weighted by Crippen LogP contribution is -2.25. The van der Waals surface area contributed by atoms with E-state index < -0.39 is 62.4 Å². The lowest BCUT2D eigenvalue weighted by molar-refractivity contribution is -0.0896. The van der Waals surface area contributed by atoms with Crippen LogP contribution < -0.4 is 0 Å². The van der Waals surface area contributed by atoms with Crippen LogP contribution in [0.1, 0.15) is 10.5 Å². The highest BCUT2D eigenvalue weighted by molar-refractivity contribution is 6.03. The number of carbonyl (C=O) groups excluding carboxylic acids is 1. The van der Waals surface area contributed by atoms with Gasteiger partial charge in [-0.2, -0.15) is 18.0 Å². The summed E-state index contributed by atoms with van der Waals surface area (Å²) >= 11 is 0. The number of benzene rings is 1. The molecule has 2 nitrogen and oxygen atoms in total. The van der Waals surface area contributed by atoms with Crippen molar-refractivity contribution in [1.82, 2.24) is 4.79 Å². The van der Waals surface area contributed by atoms with Gasteiger partial charge in [0.2, 0.25) is 0 Å². The second-order valence-electron chi connectivity index (χ2n) is 3.75. The van der Waals surface area contributed by atoms with Crippen LogP contribution in [-0.2, 0) is 0 Å². The van der Waals surface area contributed by atoms with E-state index in [0.29, 0.717) is 0 Å². The highest BCUT2D eigenvalue weighted by atomic mass is 19.4. The molecule has 0 spiro atoms. The van der Waals surface area contributed by atoms with E-state index in [1.807, 2.05) is 0 Å². The van der Waals surface area contributed by atoms with E-state index in [1.54, 1.807) is 0 Å². The Kier molecular flexibility index (Phi) is 3.18. The Labute approximate surface area is 108 Å². The Hall–Kier alpha value is -2.20. The van der Waals surface area contributed by atoms with Crippen molar-refractivity contribution in [1.29, 1.82) is 0 Å². The van der Waals surface area contributed by atoms with E-state index in [-0.39, 0.29) is 0 Å². The summed E-state index contributed by atoms with van der Waals surface area (Å²) in [6.07, 6.45) is -5.77. The number of hydrogen-bond donors (Lipinski definition) is 0. The molecule has 0 amide bonds. The quantitative estimate of drug-likeness (QED) is 0.339. The molecule has 21 heavy (non-hydrogen) atoms. The molecule has 0 fully saturated rings. The molecule has 0 saturated carbocycles. The molecule has 0 N–H and O–H groups in total. The fourth-order valence-electron chi connectivity index (χ4n) is 1.64. The smallest absolute Gasteiger partial charge is 0.282 e. The molecule has 114 valence electrons. The lowest BCUT2D eigenvalue weighted by Gasteiger charge is -2.04. The Balaban J connectivity index is 3.00. The van der Waals surface area contributed by atoms with E-state index in [2.05, 4.69) is 0 Å². The average molecular weight is 321 g/mol. The fourth-order valence-corrected chi connectivity index (χ4v) is 1.64. The second kappa shape index (κ2) is 4.40. The van der Waals surface area contributed by atoms with Gasteiger partial charge in [0.05, 0.1) is 5.39 Å². The van der Waals surface area contributed by atoms with Gasteiger partial charge in [-0.1, -0.05) is 4.48 Å². The minimum absolute atomic E-state index is 1.51. The van der Waals surface area contributed by atoms with E-state index in [1.165, 1.54) is 0 Å². The topological polar surface area (TPSA) is 22.0 Å². The first-order chi connectivity index (χ1) is 9.50. The van der Waals surface area contributed by atoms with Crippen LogP contribution in [0.25, 0.3) is 10.9 Å². The maximum atomic E-state index is 13.5. The Morgan fingerprint density at radius 1 is 0.810 bits per heavy atom. The largest absolute Gasteiger partial charge is 0.456 e. The third-order valence-corrected chi connectivity index (χ3v) is 2.53. The molecule has 0 radical (unpaired) electrons. The third kappa shape index (κ3) is 1.94. The molecule has 11 heteroatoms. The van der Waals surface area contributed by atoms with E-state index >= 15 is 0 Å². The van der Waals surface area contributed by atoms with Gasteiger partial charge in [0.25, 0.3) is 5.78 Å². The molecule has 0 atom stereocenters. The summed E-state index contributed by atoms with van der Waals surface area (Å²) in [5, 5.41) is -1.94. The number of nitrogens with zero attached hydrogens (tertiary/aromatic N) is 1. The average Bonchev–Trinajstić information content (AvgIpc) is 2.63. The number of ketones is 1. The van der Waals surface area contributed by atoms with Crippen molar-refractivity contribution in [3.05, 3.63) is 34.8 Å². The first-order valence-corrected chi connectivity index (χ1v) is 4.83. The molecule has 0 aliphatic heterocycles. The summed E-state index contributed by atoms with van der Waals surface area (Å²) in [4.78, 5) is 9.30. The van der Waals surface area contributed by atoms with E-state index in [0.717, 1.165) is 0 Å². The van der Waals surface area contributed by atoms with Gasteiger partial charge < -0.3 is 0 Å². The van der Waals surface area contributed by atoms with Crippen LogP contribution in [0.3, 0.4) is 0 Å². The van der Waals surface area contributed by atoms with Gasteiger partial charge in [0.1, 0.15) is 5.52 Å². The first-order valence-electron chi connectivity index (χ1n) is 4.83. The zero-order chi connectivity index (χ0) is 16.3. The zero-order valence-electron chi connectivity index (χ0n) is 9.26. The van der Waals surface area contributed by atoms with Crippen LogP contribution in [0.5, 0.6) is 0 Å². The van der Waals surface area contributed by atoms with Crippen molar-refractivity contribution in [3.8, 4) is 0 Å². The Morgan fingerprint density at radius 2 is 1.29 bits per heavy atom. The lowest BCUT2D eigenvalue weighted by atomic mass is 10.2. The van der Waals surface area contributed by atoms with Crippen molar-refractivity contribution in [3.63, 3.8) is 0 Å². The highest BCUT2D eigenvalue weighted by Gasteiger charge is 2.45. The second-order valence-corrected chi connectivity index (χ2v) is 3.75. The Bertz CT molecular complexity index is 723. The Morgan fingerprint density at radius 3 is 1.76 bits per heavy atom. The van der Waals surface area contributed by atoms with Gasteiger partial charge in [-0.25, -0.2) is 22.0 Å². The number of carbonyl (C=O) groups is 1. The van der Waals surface area contributed by atoms with Gasteiger partial charge in [-0.3, -0.25) is 4.79 Å². The van der Waals surface area contributed by atoms with Gasteiger partial charge in [-0.15, -0.1) is 0 Å². The van der Waals surface area contributed by atoms with Crippen LogP contribution in [0, 0.1) is 29.1 Å². The van der Waals surface area contributed by atoms with Crippen molar-refractivity contribution in [2.24, 2.45) is 0 Å². The monoisotopic (exact) mass is 321 g/mol. The molecule has 1 heterocycles. The molecule has 1 aromatic carbocycles. The molecule has 2 aromatic rings. The molecule has 0 aliphatic carbocycles. The molecule has 0 unspecified atom stereocenters. The molecule has 0 bridgehead atoms. The summed E-state index contributed by atoms with van der Waals surface area (Å²) in [5.41, 5.74) is -4.41. The first kappa shape index (κ1) is 15.2. The summed E-state index contributed by atoms with van der Waals surface area (Å²) < 4.78 is 116. The summed E-state index contributed by atoms with van der Waals surface area (Å²) in [6.45, 7) is 0. The van der Waals surface area contributed by atoms with Crippen LogP contribution in [0.4, 0.5) is 39.6 Å². The van der Waals surface area contributed by atoms with E-state index in [4.69, 9.17) is 0 Å². The maximum Gasteiger partial charge on any atom is 0.456 e. The van der Waals surface area contributed by atoms with Crippen molar-refractivity contribution in [2.45, 2.75) is 6.18 Å². The number of hydrogen-bond acceptors (Lipinski definition) is 1. The minimum Gasteiger partial charge on any atom is -0.282 e. The number of fused-ring (bicyclic) bond motifs is 1. The van der Waals surface area contributed by atoms with Crippen LogP contribution in [0.15, 0.2) is 0 Å². The van der Waals surface area contributed by atoms with Crippen LogP contribution >= 0.6 is 0 Å². The molecule has 2 rings (SSSR count). The molecular formula is C10F9NO. The van der Waals surface area contributed by atoms with Gasteiger partial charge in [-0.05, 0) is 0 Å². The van der Waals surface area contributed by atoms with Crippen molar-refractivity contribution in [2.75, 3.05) is 0 Å². The molecule has 0 saturated heterocycles. The third-order valence-electron chi connectivity index (χ3n) is 2.53. The SMILES string of the molecule is O=C(c1c(F)c2c(F)c(F)c(F)c(F)c2n1F)C(F)(F)F. The standard InChI is InChI=1S/C10F9NO/c11-2-1-3(12)8(9(21)10(16,17)18)20(19)7(1)6(15)5(14)4(2)13. The predicted octanol–water partition coefficient (Wildman–Crippen LogP) is 3.81. The molecule has 1 aromatic heterocycles. The van der Waals surface area contributed by atoms with Crippen molar-refractivity contribution >= 4 is 16.7 Å². The van der Waals surface area contributed by atoms with Gasteiger partial charge >= 0.3 is 6.18 Å². The maximum absolute atomic E-state index is 13.5. The number of aromatic nitrogens is 1. The van der Waals surface area contributed by atoms with Gasteiger partial charge in [0.15, 0.2) is 34.8 Å². The fraction of sp³-hybridized carbons (Fsp3) is 0.100. The number of halogens is 9. The summed E-state index contributed by atoms with van der Waals surface area (Å²) in [6, 6.07) is 0. The number of alkyl halides is 3. The zero-order valence-corrected chi connectivity index (χ0v) is 9.26. The van der Waals surface area contributed by atoms with Crippen LogP contribution in [0.2, 0.25) is 0 Å². The predicted molar refractivity (Wildman–Crippen MR) is 48.6 cm³/mol. The minimum atomic E-state index is -5.77. The highest BCUT2D eigenvalue weighted by Crippen LogP contribution is 2.35. The molecule has 0 aliphatic rings. The number of Topliss-reactive ketones (excluding diaryl/α,β-unsaturated/α-hetero) is 1. The number of rotatable bonds is 1. The van der Waals surface area contributed by atoms with Gasteiger partial charge in [0, 0.05) is 0 Å². The summed E-state index contributed by atoms with van der Waals surface area (Å²) in [5.74, 6) is -15.7. The van der Waals surface area contributed by atoms with Crippen molar-refractivity contribution < 1.29 is 44.4 Å².